The monoisotopic (exact) mass is 249 g/mol. The Morgan fingerprint density at radius 3 is 2.69 bits per heavy atom. The van der Waals surface area contributed by atoms with E-state index in [4.69, 9.17) is 0 Å². The van der Waals surface area contributed by atoms with Gasteiger partial charge in [-0.1, -0.05) is 0 Å². The summed E-state index contributed by atoms with van der Waals surface area (Å²) in [7, 11) is 0. The fourth-order valence-electron chi connectivity index (χ4n) is 1.97. The van der Waals surface area contributed by atoms with E-state index >= 15 is 0 Å². The zero-order valence-corrected chi connectivity index (χ0v) is 9.68. The van der Waals surface area contributed by atoms with Crippen LogP contribution in [0.15, 0.2) is 6.07 Å². The lowest BCUT2D eigenvalue weighted by Crippen LogP contribution is -2.27. The van der Waals surface area contributed by atoms with Crippen LogP contribution in [0, 0.1) is 0 Å². The average Bonchev–Trinajstić information content (AvgIpc) is 2.57. The number of alkyl halides is 3. The van der Waals surface area contributed by atoms with E-state index in [9.17, 15) is 13.2 Å². The van der Waals surface area contributed by atoms with E-state index in [0.717, 1.165) is 17.7 Å². The summed E-state index contributed by atoms with van der Waals surface area (Å²) in [4.78, 5) is 2.39. The lowest BCUT2D eigenvalue weighted by Gasteiger charge is -2.08. The van der Waals surface area contributed by atoms with Crippen molar-refractivity contribution in [1.29, 1.82) is 0 Å². The molecule has 5 heteroatoms. The molecule has 0 aromatic carbocycles. The van der Waals surface area contributed by atoms with Crippen LogP contribution in [-0.2, 0) is 19.4 Å². The molecule has 1 N–H and O–H groups in total. The summed E-state index contributed by atoms with van der Waals surface area (Å²) < 4.78 is 35.8. The van der Waals surface area contributed by atoms with Gasteiger partial charge in [0, 0.05) is 16.3 Å². The maximum absolute atomic E-state index is 11.9. The third-order valence-electron chi connectivity index (χ3n) is 2.67. The van der Waals surface area contributed by atoms with Crippen molar-refractivity contribution in [3.8, 4) is 0 Å². The van der Waals surface area contributed by atoms with Crippen LogP contribution in [-0.4, -0.2) is 12.7 Å². The molecule has 0 radical (unpaired) electrons. The van der Waals surface area contributed by atoms with Crippen molar-refractivity contribution < 1.29 is 13.2 Å². The Labute approximate surface area is 96.7 Å². The first-order valence-electron chi connectivity index (χ1n) is 5.42. The van der Waals surface area contributed by atoms with E-state index in [1.807, 2.05) is 0 Å². The van der Waals surface area contributed by atoms with E-state index in [2.05, 4.69) is 11.4 Å². The van der Waals surface area contributed by atoms with Crippen LogP contribution in [0.2, 0.25) is 0 Å². The van der Waals surface area contributed by atoms with Crippen molar-refractivity contribution >= 4 is 11.3 Å². The topological polar surface area (TPSA) is 12.0 Å². The summed E-state index contributed by atoms with van der Waals surface area (Å²) >= 11 is 1.66. The second-order valence-electron chi connectivity index (χ2n) is 4.09. The highest BCUT2D eigenvalue weighted by Crippen LogP contribution is 2.29. The van der Waals surface area contributed by atoms with Gasteiger partial charge >= 0.3 is 6.18 Å². The molecule has 0 saturated heterocycles. The SMILES string of the molecule is FC(F)(F)CNCc1cc2c(s1)CCCC2. The summed E-state index contributed by atoms with van der Waals surface area (Å²) in [6, 6.07) is 2.06. The zero-order valence-electron chi connectivity index (χ0n) is 8.86. The molecule has 0 amide bonds. The van der Waals surface area contributed by atoms with Gasteiger partial charge in [-0.05, 0) is 37.3 Å². The molecule has 0 spiro atoms. The zero-order chi connectivity index (χ0) is 11.6. The molecule has 0 aliphatic heterocycles. The highest BCUT2D eigenvalue weighted by Gasteiger charge is 2.26. The van der Waals surface area contributed by atoms with E-state index in [0.29, 0.717) is 6.54 Å². The Balaban J connectivity index is 1.88. The van der Waals surface area contributed by atoms with Gasteiger partial charge in [-0.25, -0.2) is 0 Å². The maximum Gasteiger partial charge on any atom is 0.401 e. The lowest BCUT2D eigenvalue weighted by atomic mass is 9.99. The number of hydrogen-bond acceptors (Lipinski definition) is 2. The van der Waals surface area contributed by atoms with Crippen molar-refractivity contribution in [2.24, 2.45) is 0 Å². The highest BCUT2D eigenvalue weighted by molar-refractivity contribution is 7.12. The maximum atomic E-state index is 11.9. The molecular formula is C11H14F3NS. The van der Waals surface area contributed by atoms with Crippen LogP contribution in [0.4, 0.5) is 13.2 Å². The quantitative estimate of drug-likeness (QED) is 0.867. The van der Waals surface area contributed by atoms with E-state index in [1.54, 1.807) is 11.3 Å². The average molecular weight is 249 g/mol. The molecule has 16 heavy (non-hydrogen) atoms. The minimum atomic E-state index is -4.11. The van der Waals surface area contributed by atoms with Gasteiger partial charge in [0.25, 0.3) is 0 Å². The molecule has 1 aliphatic rings. The molecule has 0 unspecified atom stereocenters. The van der Waals surface area contributed by atoms with Crippen LogP contribution < -0.4 is 5.32 Å². The number of aryl methyl sites for hydroxylation is 2. The summed E-state index contributed by atoms with van der Waals surface area (Å²) in [5.41, 5.74) is 1.35. The van der Waals surface area contributed by atoms with Gasteiger partial charge in [-0.15, -0.1) is 11.3 Å². The largest absolute Gasteiger partial charge is 0.401 e. The summed E-state index contributed by atoms with van der Waals surface area (Å²) in [5, 5.41) is 2.44. The Kier molecular flexibility index (Phi) is 3.54. The normalized spacial score (nSPS) is 16.2. The first-order chi connectivity index (χ1) is 7.54. The van der Waals surface area contributed by atoms with Gasteiger partial charge in [0.05, 0.1) is 6.54 Å². The number of hydrogen-bond donors (Lipinski definition) is 1. The Morgan fingerprint density at radius 1 is 1.25 bits per heavy atom. The fourth-order valence-corrected chi connectivity index (χ4v) is 3.20. The third-order valence-corrected chi connectivity index (χ3v) is 3.91. The highest BCUT2D eigenvalue weighted by atomic mass is 32.1. The number of halogens is 3. The van der Waals surface area contributed by atoms with Gasteiger partial charge in [0.2, 0.25) is 0 Å². The molecule has 0 fully saturated rings. The molecule has 2 rings (SSSR count). The predicted octanol–water partition coefficient (Wildman–Crippen LogP) is 3.28. The molecule has 90 valence electrons. The molecule has 1 nitrogen and oxygen atoms in total. The summed E-state index contributed by atoms with van der Waals surface area (Å²) in [6.07, 6.45) is 0.489. The molecular weight excluding hydrogens is 235 g/mol. The Hall–Kier alpha value is -0.550. The fraction of sp³-hybridized carbons (Fsp3) is 0.636. The van der Waals surface area contributed by atoms with Crippen LogP contribution in [0.25, 0.3) is 0 Å². The number of nitrogens with one attached hydrogen (secondary N) is 1. The Morgan fingerprint density at radius 2 is 2.00 bits per heavy atom. The Bertz CT molecular complexity index is 333. The van der Waals surface area contributed by atoms with E-state index in [-0.39, 0.29) is 0 Å². The summed E-state index contributed by atoms with van der Waals surface area (Å²) in [6.45, 7) is -0.577. The second-order valence-corrected chi connectivity index (χ2v) is 5.31. The van der Waals surface area contributed by atoms with Gasteiger partial charge < -0.3 is 5.32 Å². The minimum Gasteiger partial charge on any atom is -0.304 e. The van der Waals surface area contributed by atoms with Crippen molar-refractivity contribution in [2.45, 2.75) is 38.4 Å². The van der Waals surface area contributed by atoms with Crippen LogP contribution >= 0.6 is 11.3 Å². The number of fused-ring (bicyclic) bond motifs is 1. The molecule has 1 heterocycles. The van der Waals surface area contributed by atoms with E-state index < -0.39 is 12.7 Å². The standard InChI is InChI=1S/C11H14F3NS/c12-11(13,14)7-15-6-9-5-8-3-1-2-4-10(8)16-9/h5,15H,1-4,6-7H2. The van der Waals surface area contributed by atoms with Crippen LogP contribution in [0.3, 0.4) is 0 Å². The van der Waals surface area contributed by atoms with Crippen molar-refractivity contribution in [1.82, 2.24) is 5.32 Å². The van der Waals surface area contributed by atoms with Gasteiger partial charge in [0.15, 0.2) is 0 Å². The van der Waals surface area contributed by atoms with Crippen LogP contribution in [0.5, 0.6) is 0 Å². The lowest BCUT2D eigenvalue weighted by molar-refractivity contribution is -0.125. The van der Waals surface area contributed by atoms with Crippen molar-refractivity contribution in [3.63, 3.8) is 0 Å². The van der Waals surface area contributed by atoms with Crippen molar-refractivity contribution in [2.75, 3.05) is 6.54 Å². The first-order valence-corrected chi connectivity index (χ1v) is 6.24. The molecule has 0 atom stereocenters. The number of thiophene rings is 1. The molecule has 0 saturated carbocycles. The molecule has 1 aromatic rings. The van der Waals surface area contributed by atoms with Gasteiger partial charge in [-0.2, -0.15) is 13.2 Å². The summed E-state index contributed by atoms with van der Waals surface area (Å²) in [5.74, 6) is 0. The molecule has 0 bridgehead atoms. The molecule has 1 aromatic heterocycles. The predicted molar refractivity (Wildman–Crippen MR) is 58.7 cm³/mol. The first kappa shape index (κ1) is 11.9. The third kappa shape index (κ3) is 3.22. The molecule has 1 aliphatic carbocycles. The van der Waals surface area contributed by atoms with Gasteiger partial charge in [-0.3, -0.25) is 0 Å². The number of rotatable bonds is 3. The minimum absolute atomic E-state index is 0.331. The van der Waals surface area contributed by atoms with Crippen molar-refractivity contribution in [3.05, 3.63) is 21.4 Å². The second kappa shape index (κ2) is 4.75. The van der Waals surface area contributed by atoms with Gasteiger partial charge in [0.1, 0.15) is 0 Å². The van der Waals surface area contributed by atoms with E-state index in [1.165, 1.54) is 23.3 Å². The van der Waals surface area contributed by atoms with Crippen LogP contribution in [0.1, 0.15) is 28.2 Å². The smallest absolute Gasteiger partial charge is 0.304 e.